The maximum absolute atomic E-state index is 11.4. The summed E-state index contributed by atoms with van der Waals surface area (Å²) in [5.74, 6) is 0.437. The van der Waals surface area contributed by atoms with Crippen molar-refractivity contribution in [3.8, 4) is 22.6 Å². The largest absolute Gasteiger partial charge is 0.496 e. The van der Waals surface area contributed by atoms with Crippen LogP contribution in [0.1, 0.15) is 17.3 Å². The third-order valence-corrected chi connectivity index (χ3v) is 5.82. The van der Waals surface area contributed by atoms with Crippen molar-refractivity contribution in [2.45, 2.75) is 6.92 Å². The lowest BCUT2D eigenvalue weighted by Gasteiger charge is -2.13. The fraction of sp³-hybridized carbons (Fsp3) is 0.136. The smallest absolute Gasteiger partial charge is 0.339 e. The van der Waals surface area contributed by atoms with Crippen molar-refractivity contribution in [3.05, 3.63) is 58.7 Å². The maximum Gasteiger partial charge on any atom is 0.339 e. The molecule has 0 saturated heterocycles. The van der Waals surface area contributed by atoms with Crippen LogP contribution in [0.5, 0.6) is 11.5 Å². The first-order valence-corrected chi connectivity index (χ1v) is 10.6. The van der Waals surface area contributed by atoms with Gasteiger partial charge < -0.3 is 19.9 Å². The zero-order chi connectivity index (χ0) is 22.0. The Balaban J connectivity index is 1.77. The van der Waals surface area contributed by atoms with Gasteiger partial charge in [0.2, 0.25) is 0 Å². The standard InChI is InChI=1S/C22H18ClN3O4S/c1-3-30-13-6-4-12(5-7-13)15-10-31-21-19(15)20(24-11-25-21)26-17-9-18(29-2)14(22(27)28)8-16(17)23/h4-11H,3H2,1-2H3,(H,27,28)(H,24,25,26). The number of hydrogen-bond acceptors (Lipinski definition) is 7. The Morgan fingerprint density at radius 2 is 2.00 bits per heavy atom. The quantitative estimate of drug-likeness (QED) is 0.360. The first-order valence-electron chi connectivity index (χ1n) is 9.35. The van der Waals surface area contributed by atoms with Gasteiger partial charge in [0.15, 0.2) is 0 Å². The molecule has 0 aliphatic heterocycles. The van der Waals surface area contributed by atoms with E-state index in [0.29, 0.717) is 18.1 Å². The van der Waals surface area contributed by atoms with Gasteiger partial charge in [-0.05, 0) is 30.7 Å². The number of nitrogens with zero attached hydrogens (tertiary/aromatic N) is 2. The van der Waals surface area contributed by atoms with Crippen LogP contribution in [0.3, 0.4) is 0 Å². The number of fused-ring (bicyclic) bond motifs is 1. The average Bonchev–Trinajstić information content (AvgIpc) is 3.20. The first-order chi connectivity index (χ1) is 15.0. The summed E-state index contributed by atoms with van der Waals surface area (Å²) >= 11 is 7.85. The zero-order valence-corrected chi connectivity index (χ0v) is 18.3. The molecule has 0 amide bonds. The molecule has 0 unspecified atom stereocenters. The van der Waals surface area contributed by atoms with E-state index < -0.39 is 5.97 Å². The third kappa shape index (κ3) is 4.12. The molecule has 2 N–H and O–H groups in total. The molecule has 7 nitrogen and oxygen atoms in total. The predicted molar refractivity (Wildman–Crippen MR) is 122 cm³/mol. The van der Waals surface area contributed by atoms with Crippen molar-refractivity contribution in [1.82, 2.24) is 9.97 Å². The van der Waals surface area contributed by atoms with Crippen LogP contribution in [-0.2, 0) is 0 Å². The van der Waals surface area contributed by atoms with E-state index >= 15 is 0 Å². The second-order valence-electron chi connectivity index (χ2n) is 6.47. The Morgan fingerprint density at radius 3 is 2.68 bits per heavy atom. The van der Waals surface area contributed by atoms with Gasteiger partial charge in [0.05, 0.1) is 29.8 Å². The SMILES string of the molecule is CCOc1ccc(-c2csc3ncnc(Nc4cc(OC)c(C(=O)O)cc4Cl)c23)cc1. The van der Waals surface area contributed by atoms with E-state index in [-0.39, 0.29) is 16.3 Å². The van der Waals surface area contributed by atoms with E-state index in [9.17, 15) is 9.90 Å². The summed E-state index contributed by atoms with van der Waals surface area (Å²) in [6.45, 7) is 2.55. The Hall–Kier alpha value is -3.36. The molecule has 0 atom stereocenters. The van der Waals surface area contributed by atoms with E-state index in [1.54, 1.807) is 6.07 Å². The number of carbonyl (C=O) groups is 1. The van der Waals surface area contributed by atoms with Gasteiger partial charge in [-0.1, -0.05) is 23.7 Å². The van der Waals surface area contributed by atoms with Crippen molar-refractivity contribution in [2.75, 3.05) is 19.0 Å². The molecule has 31 heavy (non-hydrogen) atoms. The number of halogens is 1. The number of aromatic nitrogens is 2. The van der Waals surface area contributed by atoms with Gasteiger partial charge in [0, 0.05) is 17.0 Å². The number of methoxy groups -OCH3 is 1. The number of thiophene rings is 1. The highest BCUT2D eigenvalue weighted by molar-refractivity contribution is 7.17. The lowest BCUT2D eigenvalue weighted by Crippen LogP contribution is -2.03. The number of carboxylic acid groups (broad SMARTS) is 1. The van der Waals surface area contributed by atoms with E-state index in [0.717, 1.165) is 27.1 Å². The molecule has 158 valence electrons. The molecule has 4 rings (SSSR count). The normalized spacial score (nSPS) is 10.8. The summed E-state index contributed by atoms with van der Waals surface area (Å²) in [4.78, 5) is 21.0. The number of rotatable bonds is 7. The fourth-order valence-electron chi connectivity index (χ4n) is 3.19. The van der Waals surface area contributed by atoms with Crippen molar-refractivity contribution in [3.63, 3.8) is 0 Å². The van der Waals surface area contributed by atoms with Crippen molar-refractivity contribution in [2.24, 2.45) is 0 Å². The van der Waals surface area contributed by atoms with Crippen LogP contribution in [0, 0.1) is 0 Å². The summed E-state index contributed by atoms with van der Waals surface area (Å²) in [5, 5.41) is 15.7. The molecule has 0 bridgehead atoms. The van der Waals surface area contributed by atoms with Gasteiger partial charge in [-0.15, -0.1) is 11.3 Å². The van der Waals surface area contributed by atoms with Crippen molar-refractivity contribution in [1.29, 1.82) is 0 Å². The monoisotopic (exact) mass is 455 g/mol. The molecule has 0 radical (unpaired) electrons. The molecular formula is C22H18ClN3O4S. The number of benzene rings is 2. The number of hydrogen-bond donors (Lipinski definition) is 2. The molecular weight excluding hydrogens is 438 g/mol. The minimum atomic E-state index is -1.12. The number of anilines is 2. The second-order valence-corrected chi connectivity index (χ2v) is 7.74. The summed E-state index contributed by atoms with van der Waals surface area (Å²) in [7, 11) is 1.41. The van der Waals surface area contributed by atoms with Gasteiger partial charge in [-0.3, -0.25) is 0 Å². The lowest BCUT2D eigenvalue weighted by molar-refractivity contribution is 0.0693. The highest BCUT2D eigenvalue weighted by Crippen LogP contribution is 2.39. The number of carboxylic acids is 1. The van der Waals surface area contributed by atoms with Gasteiger partial charge in [-0.2, -0.15) is 0 Å². The zero-order valence-electron chi connectivity index (χ0n) is 16.7. The number of nitrogens with one attached hydrogen (secondary N) is 1. The van der Waals surface area contributed by atoms with Crippen LogP contribution >= 0.6 is 22.9 Å². The Morgan fingerprint density at radius 1 is 1.23 bits per heavy atom. The minimum absolute atomic E-state index is 0.0171. The van der Waals surface area contributed by atoms with Gasteiger partial charge in [0.25, 0.3) is 0 Å². The van der Waals surface area contributed by atoms with Crippen LogP contribution in [0.4, 0.5) is 11.5 Å². The van der Waals surface area contributed by atoms with Gasteiger partial charge >= 0.3 is 5.97 Å². The second kappa shape index (κ2) is 8.79. The van der Waals surface area contributed by atoms with E-state index in [4.69, 9.17) is 21.1 Å². The molecule has 9 heteroatoms. The lowest BCUT2D eigenvalue weighted by atomic mass is 10.1. The van der Waals surface area contributed by atoms with Crippen LogP contribution in [-0.4, -0.2) is 34.8 Å². The predicted octanol–water partition coefficient (Wildman–Crippen LogP) is 5.86. The molecule has 2 aromatic heterocycles. The topological polar surface area (TPSA) is 93.6 Å². The van der Waals surface area contributed by atoms with Crippen LogP contribution in [0.15, 0.2) is 48.1 Å². The van der Waals surface area contributed by atoms with Crippen molar-refractivity contribution < 1.29 is 19.4 Å². The Bertz CT molecular complexity index is 1260. The Labute approximate surface area is 187 Å². The third-order valence-electron chi connectivity index (χ3n) is 4.62. The molecule has 0 aliphatic carbocycles. The molecule has 0 spiro atoms. The molecule has 0 fully saturated rings. The minimum Gasteiger partial charge on any atom is -0.496 e. The molecule has 0 saturated carbocycles. The molecule has 0 aliphatic rings. The summed E-state index contributed by atoms with van der Waals surface area (Å²) < 4.78 is 10.7. The summed E-state index contributed by atoms with van der Waals surface area (Å²) in [6.07, 6.45) is 1.47. The molecule has 2 heterocycles. The van der Waals surface area contributed by atoms with Gasteiger partial charge in [-0.25, -0.2) is 14.8 Å². The highest BCUT2D eigenvalue weighted by Gasteiger charge is 2.18. The fourth-order valence-corrected chi connectivity index (χ4v) is 4.32. The summed E-state index contributed by atoms with van der Waals surface area (Å²) in [5.41, 5.74) is 2.43. The maximum atomic E-state index is 11.4. The van der Waals surface area contributed by atoms with E-state index in [1.165, 1.54) is 30.8 Å². The van der Waals surface area contributed by atoms with Crippen LogP contribution in [0.2, 0.25) is 5.02 Å². The van der Waals surface area contributed by atoms with Crippen LogP contribution in [0.25, 0.3) is 21.3 Å². The number of ether oxygens (including phenoxy) is 2. The molecule has 2 aromatic carbocycles. The van der Waals surface area contributed by atoms with E-state index in [1.807, 2.05) is 36.6 Å². The molecule has 4 aromatic rings. The highest BCUT2D eigenvalue weighted by atomic mass is 35.5. The summed E-state index contributed by atoms with van der Waals surface area (Å²) in [6, 6.07) is 10.7. The van der Waals surface area contributed by atoms with E-state index in [2.05, 4.69) is 15.3 Å². The van der Waals surface area contributed by atoms with Gasteiger partial charge in [0.1, 0.15) is 34.0 Å². The van der Waals surface area contributed by atoms with Crippen molar-refractivity contribution >= 4 is 50.6 Å². The number of aromatic carboxylic acids is 1. The first kappa shape index (κ1) is 20.9. The Kier molecular flexibility index (Phi) is 5.92. The van der Waals surface area contributed by atoms with Crippen LogP contribution < -0.4 is 14.8 Å². The average molecular weight is 456 g/mol.